The van der Waals surface area contributed by atoms with E-state index in [1.807, 2.05) is 6.07 Å². The number of halogens is 3. The van der Waals surface area contributed by atoms with Crippen LogP contribution >= 0.6 is 0 Å². The van der Waals surface area contributed by atoms with Crippen LogP contribution in [0.3, 0.4) is 0 Å². The Morgan fingerprint density at radius 1 is 1.05 bits per heavy atom. The van der Waals surface area contributed by atoms with Crippen LogP contribution in [-0.2, 0) is 22.9 Å². The predicted octanol–water partition coefficient (Wildman–Crippen LogP) is 4.85. The van der Waals surface area contributed by atoms with Gasteiger partial charge >= 0.3 is 11.9 Å². The van der Waals surface area contributed by atoms with Crippen molar-refractivity contribution in [1.82, 2.24) is 14.0 Å². The van der Waals surface area contributed by atoms with Crippen LogP contribution in [0.2, 0.25) is 0 Å². The maximum absolute atomic E-state index is 13.6. The maximum atomic E-state index is 13.6. The average Bonchev–Trinajstić information content (AvgIpc) is 3.39. The molecular formula is C29H31F3N4O4S. The molecule has 0 aliphatic heterocycles. The van der Waals surface area contributed by atoms with E-state index in [1.165, 1.54) is 22.8 Å². The Bertz CT molecular complexity index is 1820. The standard InChI is InChI=1S/C29H31F3N4O4S/c1-34(2)20-11-9-19(10-12-20)33-24-7-4-8-25-23(24)16-21(36(25)18-29(30,31)32)6-5-15-35-26-14-13-22(41(3,38)39)17-27(26)40-28(35)37/h4,7-8,13-14,16-17,19-20,33H,9-12,15,18H2,1-3H3/t19-,20-. The average molecular weight is 589 g/mol. The lowest BCUT2D eigenvalue weighted by Crippen LogP contribution is -2.36. The largest absolute Gasteiger partial charge is 0.420 e. The van der Waals surface area contributed by atoms with Gasteiger partial charge in [-0.1, -0.05) is 12.0 Å². The van der Waals surface area contributed by atoms with Gasteiger partial charge in [0.05, 0.1) is 28.2 Å². The van der Waals surface area contributed by atoms with Crippen LogP contribution in [0.4, 0.5) is 18.9 Å². The predicted molar refractivity (Wildman–Crippen MR) is 152 cm³/mol. The highest BCUT2D eigenvalue weighted by molar-refractivity contribution is 7.90. The Morgan fingerprint density at radius 3 is 2.44 bits per heavy atom. The Kier molecular flexibility index (Phi) is 7.70. The highest BCUT2D eigenvalue weighted by atomic mass is 32.2. The number of nitrogens with one attached hydrogen (secondary N) is 1. The highest BCUT2D eigenvalue weighted by Crippen LogP contribution is 2.32. The monoisotopic (exact) mass is 588 g/mol. The lowest BCUT2D eigenvalue weighted by Gasteiger charge is -2.33. The molecule has 1 fully saturated rings. The summed E-state index contributed by atoms with van der Waals surface area (Å²) in [4.78, 5) is 14.7. The molecule has 2 heterocycles. The number of alkyl halides is 3. The molecule has 8 nitrogen and oxygen atoms in total. The molecule has 41 heavy (non-hydrogen) atoms. The van der Waals surface area contributed by atoms with Crippen LogP contribution in [0, 0.1) is 11.8 Å². The molecule has 0 radical (unpaired) electrons. The van der Waals surface area contributed by atoms with E-state index in [0.717, 1.165) is 42.2 Å². The number of nitrogens with zero attached hydrogens (tertiary/aromatic N) is 3. The number of hydrogen-bond donors (Lipinski definition) is 1. The topological polar surface area (TPSA) is 89.5 Å². The molecular weight excluding hydrogens is 557 g/mol. The van der Waals surface area contributed by atoms with Gasteiger partial charge in [0.1, 0.15) is 6.54 Å². The van der Waals surface area contributed by atoms with Gasteiger partial charge in [0, 0.05) is 35.5 Å². The fourth-order valence-corrected chi connectivity index (χ4v) is 6.09. The number of rotatable bonds is 6. The third-order valence-corrected chi connectivity index (χ3v) is 8.70. The van der Waals surface area contributed by atoms with Crippen LogP contribution in [-0.4, -0.2) is 61.1 Å². The Labute approximate surface area is 235 Å². The first-order valence-corrected chi connectivity index (χ1v) is 15.1. The number of fused-ring (bicyclic) bond motifs is 2. The lowest BCUT2D eigenvalue weighted by atomic mass is 9.90. The molecule has 12 heteroatoms. The number of benzene rings is 2. The van der Waals surface area contributed by atoms with Gasteiger partial charge in [0.25, 0.3) is 0 Å². The van der Waals surface area contributed by atoms with Gasteiger partial charge in [-0.2, -0.15) is 13.2 Å². The minimum Gasteiger partial charge on any atom is -0.408 e. The molecule has 2 aromatic carbocycles. The number of sulfone groups is 1. The minimum atomic E-state index is -4.47. The summed E-state index contributed by atoms with van der Waals surface area (Å²) in [5, 5.41) is 4.19. The smallest absolute Gasteiger partial charge is 0.408 e. The molecule has 5 rings (SSSR count). The number of oxazole rings is 1. The molecule has 0 unspecified atom stereocenters. The van der Waals surface area contributed by atoms with E-state index in [0.29, 0.717) is 22.5 Å². The van der Waals surface area contributed by atoms with Crippen molar-refractivity contribution in [2.45, 2.75) is 61.9 Å². The van der Waals surface area contributed by atoms with Gasteiger partial charge in [-0.3, -0.25) is 4.57 Å². The summed E-state index contributed by atoms with van der Waals surface area (Å²) in [6, 6.07) is 11.7. The van der Waals surface area contributed by atoms with E-state index in [9.17, 15) is 26.4 Å². The number of hydrogen-bond acceptors (Lipinski definition) is 6. The summed E-state index contributed by atoms with van der Waals surface area (Å²) in [5.41, 5.74) is 1.77. The minimum absolute atomic E-state index is 0.00353. The van der Waals surface area contributed by atoms with Crippen LogP contribution in [0.5, 0.6) is 0 Å². The van der Waals surface area contributed by atoms with Crippen molar-refractivity contribution in [1.29, 1.82) is 0 Å². The maximum Gasteiger partial charge on any atom is 0.420 e. The van der Waals surface area contributed by atoms with Gasteiger partial charge in [0.15, 0.2) is 15.4 Å². The van der Waals surface area contributed by atoms with Gasteiger partial charge in [-0.25, -0.2) is 13.2 Å². The molecule has 4 aromatic rings. The molecule has 218 valence electrons. The zero-order chi connectivity index (χ0) is 29.5. The summed E-state index contributed by atoms with van der Waals surface area (Å²) in [5.74, 6) is 4.89. The summed E-state index contributed by atoms with van der Waals surface area (Å²) in [6.07, 6.45) is 0.605. The van der Waals surface area contributed by atoms with Crippen molar-refractivity contribution in [3.63, 3.8) is 0 Å². The van der Waals surface area contributed by atoms with Crippen molar-refractivity contribution in [2.75, 3.05) is 25.7 Å². The molecule has 0 saturated heterocycles. The van der Waals surface area contributed by atoms with Crippen LogP contribution < -0.4 is 11.1 Å². The fourth-order valence-electron chi connectivity index (χ4n) is 5.46. The van der Waals surface area contributed by atoms with Gasteiger partial charge in [-0.05, 0) is 76.0 Å². The molecule has 0 atom stereocenters. The number of anilines is 1. The van der Waals surface area contributed by atoms with Crippen LogP contribution in [0.25, 0.3) is 22.0 Å². The summed E-state index contributed by atoms with van der Waals surface area (Å²) in [6.45, 7) is -1.36. The molecule has 1 aliphatic rings. The first kappa shape index (κ1) is 28.8. The van der Waals surface area contributed by atoms with Crippen molar-refractivity contribution >= 4 is 37.5 Å². The van der Waals surface area contributed by atoms with E-state index in [4.69, 9.17) is 4.42 Å². The normalized spacial score (nSPS) is 18.1. The number of aromatic nitrogens is 2. The molecule has 2 aromatic heterocycles. The fraction of sp³-hybridized carbons (Fsp3) is 0.414. The summed E-state index contributed by atoms with van der Waals surface area (Å²) >= 11 is 0. The van der Waals surface area contributed by atoms with Crippen LogP contribution in [0.15, 0.2) is 56.6 Å². The van der Waals surface area contributed by atoms with Crippen molar-refractivity contribution < 1.29 is 26.0 Å². The van der Waals surface area contributed by atoms with Crippen molar-refractivity contribution in [3.05, 3.63) is 58.7 Å². The second kappa shape index (κ2) is 10.9. The van der Waals surface area contributed by atoms with Crippen molar-refractivity contribution in [3.8, 4) is 11.8 Å². The van der Waals surface area contributed by atoms with E-state index in [-0.39, 0.29) is 28.8 Å². The Balaban J connectivity index is 1.46. The molecule has 0 bridgehead atoms. The second-order valence-corrected chi connectivity index (χ2v) is 12.8. The summed E-state index contributed by atoms with van der Waals surface area (Å²) < 4.78 is 72.0. The molecule has 1 N–H and O–H groups in total. The van der Waals surface area contributed by atoms with E-state index < -0.39 is 28.3 Å². The molecule has 1 aliphatic carbocycles. The Morgan fingerprint density at radius 2 is 1.78 bits per heavy atom. The highest BCUT2D eigenvalue weighted by Gasteiger charge is 2.30. The SMILES string of the molecule is CN(C)[C@H]1CC[C@H](Nc2cccc3c2cc(C#CCn2c(=O)oc4cc(S(C)(=O)=O)ccc42)n3CC(F)(F)F)CC1. The van der Waals surface area contributed by atoms with Crippen molar-refractivity contribution in [2.24, 2.45) is 0 Å². The zero-order valence-electron chi connectivity index (χ0n) is 23.0. The van der Waals surface area contributed by atoms with E-state index >= 15 is 0 Å². The van der Waals surface area contributed by atoms with Gasteiger partial charge < -0.3 is 19.2 Å². The lowest BCUT2D eigenvalue weighted by molar-refractivity contribution is -0.140. The van der Waals surface area contributed by atoms with Gasteiger partial charge in [0.2, 0.25) is 0 Å². The second-order valence-electron chi connectivity index (χ2n) is 10.7. The third kappa shape index (κ3) is 6.31. The third-order valence-electron chi connectivity index (χ3n) is 7.59. The molecule has 0 amide bonds. The quantitative estimate of drug-likeness (QED) is 0.324. The first-order valence-electron chi connectivity index (χ1n) is 13.2. The van der Waals surface area contributed by atoms with Crippen LogP contribution in [0.1, 0.15) is 31.4 Å². The Hall–Kier alpha value is -3.69. The molecule has 1 saturated carbocycles. The zero-order valence-corrected chi connectivity index (χ0v) is 23.8. The first-order chi connectivity index (χ1) is 19.3. The van der Waals surface area contributed by atoms with E-state index in [1.54, 1.807) is 18.2 Å². The summed E-state index contributed by atoms with van der Waals surface area (Å²) in [7, 11) is 0.646. The van der Waals surface area contributed by atoms with E-state index in [2.05, 4.69) is 36.2 Å². The van der Waals surface area contributed by atoms with Gasteiger partial charge in [-0.15, -0.1) is 0 Å². The molecule has 0 spiro atoms.